The van der Waals surface area contributed by atoms with E-state index < -0.39 is 0 Å². The minimum Gasteiger partial charge on any atom is -0.271 e. The molecular formula is C16H17ClF2N2. The fourth-order valence-electron chi connectivity index (χ4n) is 2.30. The SMILES string of the molecule is Cc1cc(F)ccc1CC(Cc1ccc(F)cc1Cl)NN. The molecule has 0 aliphatic rings. The van der Waals surface area contributed by atoms with Crippen LogP contribution in [0.2, 0.25) is 5.02 Å². The molecule has 0 heterocycles. The lowest BCUT2D eigenvalue weighted by Gasteiger charge is -2.18. The zero-order chi connectivity index (χ0) is 15.4. The van der Waals surface area contributed by atoms with Crippen molar-refractivity contribution in [1.29, 1.82) is 0 Å². The molecule has 1 unspecified atom stereocenters. The molecule has 0 aromatic heterocycles. The maximum Gasteiger partial charge on any atom is 0.124 e. The predicted molar refractivity (Wildman–Crippen MR) is 81.1 cm³/mol. The van der Waals surface area contributed by atoms with E-state index in [-0.39, 0.29) is 17.7 Å². The Morgan fingerprint density at radius 2 is 1.62 bits per heavy atom. The minimum atomic E-state index is -0.365. The molecule has 2 nitrogen and oxygen atoms in total. The quantitative estimate of drug-likeness (QED) is 0.655. The van der Waals surface area contributed by atoms with E-state index in [1.54, 1.807) is 12.1 Å². The Balaban J connectivity index is 2.13. The van der Waals surface area contributed by atoms with E-state index in [0.29, 0.717) is 17.9 Å². The van der Waals surface area contributed by atoms with Crippen LogP contribution in [0.15, 0.2) is 36.4 Å². The Labute approximate surface area is 127 Å². The van der Waals surface area contributed by atoms with Gasteiger partial charge in [-0.25, -0.2) is 8.78 Å². The Kier molecular flexibility index (Phi) is 5.28. The second-order valence-electron chi connectivity index (χ2n) is 5.08. The summed E-state index contributed by atoms with van der Waals surface area (Å²) in [6.07, 6.45) is 1.20. The summed E-state index contributed by atoms with van der Waals surface area (Å²) in [5.41, 5.74) is 5.44. The van der Waals surface area contributed by atoms with E-state index in [1.165, 1.54) is 24.3 Å². The van der Waals surface area contributed by atoms with Crippen LogP contribution >= 0.6 is 11.6 Å². The van der Waals surface area contributed by atoms with Gasteiger partial charge in [-0.3, -0.25) is 11.3 Å². The number of hydrogen-bond donors (Lipinski definition) is 2. The van der Waals surface area contributed by atoms with Crippen LogP contribution < -0.4 is 11.3 Å². The summed E-state index contributed by atoms with van der Waals surface area (Å²) in [4.78, 5) is 0. The van der Waals surface area contributed by atoms with Crippen LogP contribution in [-0.2, 0) is 12.8 Å². The van der Waals surface area contributed by atoms with Gasteiger partial charge in [-0.2, -0.15) is 0 Å². The van der Waals surface area contributed by atoms with E-state index in [2.05, 4.69) is 5.43 Å². The molecule has 0 saturated heterocycles. The van der Waals surface area contributed by atoms with E-state index in [4.69, 9.17) is 17.4 Å². The maximum atomic E-state index is 13.1. The molecule has 1 atom stereocenters. The Hall–Kier alpha value is -1.49. The van der Waals surface area contributed by atoms with Crippen molar-refractivity contribution in [2.75, 3.05) is 0 Å². The molecule has 2 rings (SSSR count). The molecule has 0 aliphatic heterocycles. The number of benzene rings is 2. The van der Waals surface area contributed by atoms with Gasteiger partial charge in [-0.1, -0.05) is 23.7 Å². The normalized spacial score (nSPS) is 12.4. The van der Waals surface area contributed by atoms with Crippen LogP contribution in [-0.4, -0.2) is 6.04 Å². The summed E-state index contributed by atoms with van der Waals surface area (Å²) in [6, 6.07) is 8.91. The van der Waals surface area contributed by atoms with Gasteiger partial charge in [0.15, 0.2) is 0 Å². The maximum absolute atomic E-state index is 13.1. The zero-order valence-electron chi connectivity index (χ0n) is 11.7. The molecule has 2 aromatic carbocycles. The van der Waals surface area contributed by atoms with E-state index in [0.717, 1.165) is 16.7 Å². The van der Waals surface area contributed by atoms with Crippen molar-refractivity contribution in [3.8, 4) is 0 Å². The largest absolute Gasteiger partial charge is 0.271 e. The first kappa shape index (κ1) is 15.9. The van der Waals surface area contributed by atoms with Crippen LogP contribution in [0.5, 0.6) is 0 Å². The van der Waals surface area contributed by atoms with Crippen LogP contribution in [0.25, 0.3) is 0 Å². The van der Waals surface area contributed by atoms with Gasteiger partial charge in [-0.15, -0.1) is 0 Å². The van der Waals surface area contributed by atoms with Gasteiger partial charge in [0.25, 0.3) is 0 Å². The predicted octanol–water partition coefficient (Wildman–Crippen LogP) is 3.54. The van der Waals surface area contributed by atoms with Crippen molar-refractivity contribution in [3.05, 3.63) is 69.7 Å². The summed E-state index contributed by atoms with van der Waals surface area (Å²) in [5.74, 6) is 4.97. The highest BCUT2D eigenvalue weighted by Crippen LogP contribution is 2.20. The molecule has 0 spiro atoms. The Morgan fingerprint density at radius 3 is 2.19 bits per heavy atom. The van der Waals surface area contributed by atoms with Crippen molar-refractivity contribution in [1.82, 2.24) is 5.43 Å². The number of halogens is 3. The number of hydrazine groups is 1. The highest BCUT2D eigenvalue weighted by molar-refractivity contribution is 6.31. The second-order valence-corrected chi connectivity index (χ2v) is 5.49. The number of nitrogens with two attached hydrogens (primary N) is 1. The van der Waals surface area contributed by atoms with Crippen molar-refractivity contribution >= 4 is 11.6 Å². The molecule has 0 aliphatic carbocycles. The molecule has 3 N–H and O–H groups in total. The van der Waals surface area contributed by atoms with Crippen molar-refractivity contribution in [3.63, 3.8) is 0 Å². The monoisotopic (exact) mass is 310 g/mol. The summed E-state index contributed by atoms with van der Waals surface area (Å²) in [5, 5.41) is 0.381. The summed E-state index contributed by atoms with van der Waals surface area (Å²) in [6.45, 7) is 1.86. The third-order valence-corrected chi connectivity index (χ3v) is 3.84. The molecule has 2 aromatic rings. The van der Waals surface area contributed by atoms with Gasteiger partial charge in [0, 0.05) is 11.1 Å². The summed E-state index contributed by atoms with van der Waals surface area (Å²) >= 11 is 6.03. The van der Waals surface area contributed by atoms with Gasteiger partial charge >= 0.3 is 0 Å². The Morgan fingerprint density at radius 1 is 1.05 bits per heavy atom. The molecule has 0 radical (unpaired) electrons. The molecular weight excluding hydrogens is 294 g/mol. The molecule has 0 fully saturated rings. The summed E-state index contributed by atoms with van der Waals surface area (Å²) in [7, 11) is 0. The van der Waals surface area contributed by atoms with Crippen LogP contribution in [0.1, 0.15) is 16.7 Å². The first-order valence-corrected chi connectivity index (χ1v) is 7.02. The van der Waals surface area contributed by atoms with E-state index in [9.17, 15) is 8.78 Å². The van der Waals surface area contributed by atoms with Crippen LogP contribution in [0.4, 0.5) is 8.78 Å². The molecule has 21 heavy (non-hydrogen) atoms. The number of rotatable bonds is 5. The smallest absolute Gasteiger partial charge is 0.124 e. The van der Waals surface area contributed by atoms with Crippen molar-refractivity contribution < 1.29 is 8.78 Å². The zero-order valence-corrected chi connectivity index (χ0v) is 12.4. The molecule has 0 bridgehead atoms. The van der Waals surface area contributed by atoms with Gasteiger partial charge in [0.05, 0.1) is 0 Å². The lowest BCUT2D eigenvalue weighted by atomic mass is 9.96. The van der Waals surface area contributed by atoms with Gasteiger partial charge in [0.2, 0.25) is 0 Å². The highest BCUT2D eigenvalue weighted by atomic mass is 35.5. The highest BCUT2D eigenvalue weighted by Gasteiger charge is 2.13. The lowest BCUT2D eigenvalue weighted by Crippen LogP contribution is -2.38. The third-order valence-electron chi connectivity index (χ3n) is 3.49. The van der Waals surface area contributed by atoms with Gasteiger partial charge < -0.3 is 0 Å². The number of nitrogens with one attached hydrogen (secondary N) is 1. The number of aryl methyl sites for hydroxylation is 1. The average Bonchev–Trinajstić information content (AvgIpc) is 2.43. The molecule has 0 amide bonds. The van der Waals surface area contributed by atoms with Crippen LogP contribution in [0, 0.1) is 18.6 Å². The Bertz CT molecular complexity index is 578. The van der Waals surface area contributed by atoms with Crippen molar-refractivity contribution in [2.45, 2.75) is 25.8 Å². The third kappa shape index (κ3) is 4.24. The molecule has 112 valence electrons. The lowest BCUT2D eigenvalue weighted by molar-refractivity contribution is 0.520. The average molecular weight is 311 g/mol. The fraction of sp³-hybridized carbons (Fsp3) is 0.250. The first-order valence-electron chi connectivity index (χ1n) is 6.64. The van der Waals surface area contributed by atoms with E-state index >= 15 is 0 Å². The molecule has 0 saturated carbocycles. The van der Waals surface area contributed by atoms with E-state index in [1.807, 2.05) is 6.92 Å². The fourth-order valence-corrected chi connectivity index (χ4v) is 2.54. The van der Waals surface area contributed by atoms with Crippen molar-refractivity contribution in [2.24, 2.45) is 5.84 Å². The van der Waals surface area contributed by atoms with Crippen LogP contribution in [0.3, 0.4) is 0 Å². The first-order chi connectivity index (χ1) is 9.99. The molecule has 5 heteroatoms. The number of hydrogen-bond acceptors (Lipinski definition) is 2. The second kappa shape index (κ2) is 6.98. The standard InChI is InChI=1S/C16H17ClF2N2/c1-10-6-13(18)4-2-11(10)7-15(21-20)8-12-3-5-14(19)9-16(12)17/h2-6,9,15,21H,7-8,20H2,1H3. The van der Waals surface area contributed by atoms with Gasteiger partial charge in [-0.05, 0) is 60.7 Å². The minimum absolute atomic E-state index is 0.0721. The summed E-state index contributed by atoms with van der Waals surface area (Å²) < 4.78 is 26.2. The topological polar surface area (TPSA) is 38.0 Å². The van der Waals surface area contributed by atoms with Gasteiger partial charge in [0.1, 0.15) is 11.6 Å².